The minimum absolute atomic E-state index is 0.0551. The van der Waals surface area contributed by atoms with E-state index in [1.54, 1.807) is 28.0 Å². The van der Waals surface area contributed by atoms with E-state index < -0.39 is 0 Å². The predicted octanol–water partition coefficient (Wildman–Crippen LogP) is 4.34. The summed E-state index contributed by atoms with van der Waals surface area (Å²) in [6.07, 6.45) is 3.86. The molecule has 26 heavy (non-hydrogen) atoms. The summed E-state index contributed by atoms with van der Waals surface area (Å²) in [5.74, 6) is -0.329. The Bertz CT molecular complexity index is 803. The Morgan fingerprint density at radius 2 is 1.69 bits per heavy atom. The molecular formula is C21H21FN2O2. The van der Waals surface area contributed by atoms with Crippen LogP contribution in [0.4, 0.5) is 14.9 Å². The van der Waals surface area contributed by atoms with E-state index >= 15 is 0 Å². The maximum absolute atomic E-state index is 13.4. The highest BCUT2D eigenvalue weighted by Gasteiger charge is 2.46. The SMILES string of the molecule is CC(C)N1C(=O)N(c2ccccc2)C(c2ccc(F)cc2)C1/C=C/C=O. The van der Waals surface area contributed by atoms with Crippen molar-refractivity contribution in [2.45, 2.75) is 32.0 Å². The Hall–Kier alpha value is -2.95. The van der Waals surface area contributed by atoms with Gasteiger partial charge >= 0.3 is 6.03 Å². The summed E-state index contributed by atoms with van der Waals surface area (Å²) < 4.78 is 13.4. The lowest BCUT2D eigenvalue weighted by atomic mass is 9.97. The molecule has 0 saturated carbocycles. The first-order chi connectivity index (χ1) is 12.5. The van der Waals surface area contributed by atoms with Crippen LogP contribution in [0.2, 0.25) is 0 Å². The van der Waals surface area contributed by atoms with E-state index in [1.807, 2.05) is 44.2 Å². The number of hydrogen-bond donors (Lipinski definition) is 0. The lowest BCUT2D eigenvalue weighted by molar-refractivity contribution is -0.104. The lowest BCUT2D eigenvalue weighted by Crippen LogP contribution is -2.39. The minimum Gasteiger partial charge on any atom is -0.313 e. The fourth-order valence-electron chi connectivity index (χ4n) is 3.46. The number of allylic oxidation sites excluding steroid dienone is 1. The fourth-order valence-corrected chi connectivity index (χ4v) is 3.46. The summed E-state index contributed by atoms with van der Waals surface area (Å²) >= 11 is 0. The third-order valence-electron chi connectivity index (χ3n) is 4.54. The molecule has 1 aliphatic rings. The molecule has 1 aliphatic heterocycles. The number of anilines is 1. The van der Waals surface area contributed by atoms with Gasteiger partial charge in [-0.05, 0) is 49.8 Å². The average molecular weight is 352 g/mol. The molecule has 2 unspecified atom stereocenters. The van der Waals surface area contributed by atoms with Crippen LogP contribution in [0.15, 0.2) is 66.7 Å². The normalized spacial score (nSPS) is 20.4. The molecule has 2 aromatic carbocycles. The van der Waals surface area contributed by atoms with Gasteiger partial charge in [-0.1, -0.05) is 36.4 Å². The molecule has 1 heterocycles. The fraction of sp³-hybridized carbons (Fsp3) is 0.238. The number of amides is 2. The van der Waals surface area contributed by atoms with Crippen molar-refractivity contribution in [1.29, 1.82) is 0 Å². The van der Waals surface area contributed by atoms with Crippen LogP contribution >= 0.6 is 0 Å². The second kappa shape index (κ2) is 7.52. The summed E-state index contributed by atoms with van der Waals surface area (Å²) in [5, 5.41) is 0. The zero-order chi connectivity index (χ0) is 18.7. The Morgan fingerprint density at radius 1 is 1.04 bits per heavy atom. The highest BCUT2D eigenvalue weighted by Crippen LogP contribution is 2.40. The van der Waals surface area contributed by atoms with Crippen molar-refractivity contribution in [3.05, 3.63) is 78.1 Å². The van der Waals surface area contributed by atoms with Gasteiger partial charge in [0, 0.05) is 11.7 Å². The number of para-hydroxylation sites is 1. The Labute approximate surface area is 152 Å². The van der Waals surface area contributed by atoms with Crippen molar-refractivity contribution in [3.8, 4) is 0 Å². The second-order valence-electron chi connectivity index (χ2n) is 6.50. The number of urea groups is 1. The molecule has 2 aromatic rings. The van der Waals surface area contributed by atoms with E-state index in [9.17, 15) is 14.0 Å². The molecule has 4 nitrogen and oxygen atoms in total. The summed E-state index contributed by atoms with van der Waals surface area (Å²) in [7, 11) is 0. The average Bonchev–Trinajstić information content (AvgIpc) is 2.93. The van der Waals surface area contributed by atoms with Crippen LogP contribution in [0.1, 0.15) is 25.5 Å². The topological polar surface area (TPSA) is 40.6 Å². The molecule has 1 saturated heterocycles. The van der Waals surface area contributed by atoms with Crippen LogP contribution < -0.4 is 4.90 Å². The molecule has 5 heteroatoms. The predicted molar refractivity (Wildman–Crippen MR) is 99.4 cm³/mol. The first kappa shape index (κ1) is 17.9. The number of rotatable bonds is 5. The summed E-state index contributed by atoms with van der Waals surface area (Å²) in [5.41, 5.74) is 1.58. The quantitative estimate of drug-likeness (QED) is 0.593. The third kappa shape index (κ3) is 3.25. The molecule has 0 spiro atoms. The van der Waals surface area contributed by atoms with E-state index in [0.29, 0.717) is 6.29 Å². The molecule has 2 atom stereocenters. The standard InChI is InChI=1S/C21H21FN2O2/c1-15(2)23-19(9-6-14-25)20(16-10-12-17(22)13-11-16)24(21(23)26)18-7-4-3-5-8-18/h3-15,19-20H,1-2H3/b9-6+. The van der Waals surface area contributed by atoms with Gasteiger partial charge in [0.25, 0.3) is 0 Å². The van der Waals surface area contributed by atoms with Gasteiger partial charge in [-0.3, -0.25) is 9.69 Å². The molecule has 0 bridgehead atoms. The number of hydrogen-bond acceptors (Lipinski definition) is 2. The maximum Gasteiger partial charge on any atom is 0.325 e. The van der Waals surface area contributed by atoms with Crippen LogP contribution in [0, 0.1) is 5.82 Å². The zero-order valence-corrected chi connectivity index (χ0v) is 14.7. The van der Waals surface area contributed by atoms with E-state index in [2.05, 4.69) is 0 Å². The number of carbonyl (C=O) groups is 2. The first-order valence-electron chi connectivity index (χ1n) is 8.58. The number of aldehydes is 1. The van der Waals surface area contributed by atoms with Crippen molar-refractivity contribution < 1.29 is 14.0 Å². The largest absolute Gasteiger partial charge is 0.325 e. The molecular weight excluding hydrogens is 331 g/mol. The van der Waals surface area contributed by atoms with Gasteiger partial charge in [-0.2, -0.15) is 0 Å². The molecule has 0 aliphatic carbocycles. The molecule has 0 N–H and O–H groups in total. The van der Waals surface area contributed by atoms with Crippen LogP contribution in [0.3, 0.4) is 0 Å². The van der Waals surface area contributed by atoms with Crippen LogP contribution in [0.5, 0.6) is 0 Å². The molecule has 0 aromatic heterocycles. The zero-order valence-electron chi connectivity index (χ0n) is 14.7. The minimum atomic E-state index is -0.357. The highest BCUT2D eigenvalue weighted by atomic mass is 19.1. The summed E-state index contributed by atoms with van der Waals surface area (Å²) in [4.78, 5) is 27.6. The number of halogens is 1. The van der Waals surface area contributed by atoms with E-state index in [0.717, 1.165) is 11.3 Å². The van der Waals surface area contributed by atoms with E-state index in [1.165, 1.54) is 18.2 Å². The van der Waals surface area contributed by atoms with Crippen molar-refractivity contribution >= 4 is 18.0 Å². The van der Waals surface area contributed by atoms with Crippen LogP contribution in [0.25, 0.3) is 0 Å². The first-order valence-corrected chi connectivity index (χ1v) is 8.58. The Morgan fingerprint density at radius 3 is 2.27 bits per heavy atom. The van der Waals surface area contributed by atoms with Gasteiger partial charge in [0.05, 0.1) is 12.1 Å². The van der Waals surface area contributed by atoms with Gasteiger partial charge in [0.1, 0.15) is 12.1 Å². The summed E-state index contributed by atoms with van der Waals surface area (Å²) in [6.45, 7) is 3.88. The van der Waals surface area contributed by atoms with Gasteiger partial charge in [0.2, 0.25) is 0 Å². The van der Waals surface area contributed by atoms with Crippen LogP contribution in [-0.4, -0.2) is 29.3 Å². The molecule has 2 amide bonds. The molecule has 0 radical (unpaired) electrons. The third-order valence-corrected chi connectivity index (χ3v) is 4.54. The lowest BCUT2D eigenvalue weighted by Gasteiger charge is -2.27. The number of carbonyl (C=O) groups excluding carboxylic acids is 2. The Kier molecular flexibility index (Phi) is 5.16. The van der Waals surface area contributed by atoms with Crippen LogP contribution in [-0.2, 0) is 4.79 Å². The molecule has 134 valence electrons. The van der Waals surface area contributed by atoms with Crippen molar-refractivity contribution in [3.63, 3.8) is 0 Å². The van der Waals surface area contributed by atoms with Gasteiger partial charge in [-0.15, -0.1) is 0 Å². The number of benzene rings is 2. The van der Waals surface area contributed by atoms with Crippen molar-refractivity contribution in [2.75, 3.05) is 4.90 Å². The molecule has 3 rings (SSSR count). The monoisotopic (exact) mass is 352 g/mol. The molecule has 1 fully saturated rings. The van der Waals surface area contributed by atoms with Crippen molar-refractivity contribution in [2.24, 2.45) is 0 Å². The van der Waals surface area contributed by atoms with Crippen molar-refractivity contribution in [1.82, 2.24) is 4.90 Å². The maximum atomic E-state index is 13.4. The van der Waals surface area contributed by atoms with Gasteiger partial charge < -0.3 is 4.90 Å². The van der Waals surface area contributed by atoms with Gasteiger partial charge in [-0.25, -0.2) is 9.18 Å². The highest BCUT2D eigenvalue weighted by molar-refractivity contribution is 5.96. The van der Waals surface area contributed by atoms with E-state index in [4.69, 9.17) is 0 Å². The summed E-state index contributed by atoms with van der Waals surface area (Å²) in [6, 6.07) is 14.7. The van der Waals surface area contributed by atoms with Gasteiger partial charge in [0.15, 0.2) is 0 Å². The van der Waals surface area contributed by atoms with E-state index in [-0.39, 0.29) is 30.0 Å². The number of nitrogens with zero attached hydrogens (tertiary/aromatic N) is 2. The second-order valence-corrected chi connectivity index (χ2v) is 6.50. The Balaban J connectivity index is 2.16. The smallest absolute Gasteiger partial charge is 0.313 e.